The number of rotatable bonds is 9. The first kappa shape index (κ1) is 27.4. The largest absolute Gasteiger partial charge is 0.489 e. The van der Waals surface area contributed by atoms with Gasteiger partial charge in [-0.15, -0.1) is 0 Å². The lowest BCUT2D eigenvalue weighted by Crippen LogP contribution is -2.19. The highest BCUT2D eigenvalue weighted by molar-refractivity contribution is 6.31. The Balaban J connectivity index is 1.31. The van der Waals surface area contributed by atoms with E-state index in [0.29, 0.717) is 75.9 Å². The number of ether oxygens (including phenoxy) is 4. The quantitative estimate of drug-likeness (QED) is 0.218. The monoisotopic (exact) mass is 562 g/mol. The van der Waals surface area contributed by atoms with Crippen LogP contribution in [0.4, 0.5) is 16.2 Å². The van der Waals surface area contributed by atoms with Gasteiger partial charge < -0.3 is 34.5 Å². The third-order valence-corrected chi connectivity index (χ3v) is 6.63. The van der Waals surface area contributed by atoms with Crippen LogP contribution in [0.15, 0.2) is 60.8 Å². The van der Waals surface area contributed by atoms with E-state index in [-0.39, 0.29) is 6.03 Å². The molecule has 0 saturated carbocycles. The van der Waals surface area contributed by atoms with Crippen LogP contribution in [0.5, 0.6) is 28.7 Å². The molecule has 0 aliphatic carbocycles. The number of fused-ring (bicyclic) bond motifs is 3. The van der Waals surface area contributed by atoms with Crippen LogP contribution in [0.3, 0.4) is 0 Å². The van der Waals surface area contributed by atoms with Gasteiger partial charge in [-0.2, -0.15) is 0 Å². The predicted octanol–water partition coefficient (Wildman–Crippen LogP) is 6.73. The molecule has 0 radical (unpaired) electrons. The second-order valence-electron chi connectivity index (χ2n) is 9.61. The fourth-order valence-electron chi connectivity index (χ4n) is 4.28. The third-order valence-electron chi connectivity index (χ3n) is 6.21. The van der Waals surface area contributed by atoms with E-state index in [0.717, 1.165) is 18.5 Å². The number of urea groups is 1. The number of pyridine rings is 1. The van der Waals surface area contributed by atoms with Gasteiger partial charge in [-0.25, -0.2) is 4.79 Å². The second kappa shape index (κ2) is 12.3. The number of nitrogens with one attached hydrogen (secondary N) is 2. The van der Waals surface area contributed by atoms with E-state index in [1.54, 1.807) is 48.7 Å². The number of nitrogens with zero attached hydrogens (tertiary/aromatic N) is 2. The highest BCUT2D eigenvalue weighted by Gasteiger charge is 2.24. The molecule has 4 aromatic rings. The highest BCUT2D eigenvalue weighted by atomic mass is 35.5. The molecule has 3 aromatic carbocycles. The van der Waals surface area contributed by atoms with Gasteiger partial charge in [-0.1, -0.05) is 11.6 Å². The molecule has 2 heterocycles. The van der Waals surface area contributed by atoms with E-state index in [4.69, 9.17) is 30.5 Å². The van der Waals surface area contributed by atoms with Crippen molar-refractivity contribution in [3.05, 3.63) is 71.4 Å². The first-order chi connectivity index (χ1) is 19.4. The normalized spacial score (nSPS) is 12.3. The fourth-order valence-corrected chi connectivity index (χ4v) is 4.40. The molecule has 9 nitrogen and oxygen atoms in total. The first-order valence-corrected chi connectivity index (χ1v) is 13.4. The van der Waals surface area contributed by atoms with Crippen LogP contribution in [0.25, 0.3) is 10.9 Å². The van der Waals surface area contributed by atoms with E-state index >= 15 is 0 Å². The molecule has 0 atom stereocenters. The number of halogens is 1. The van der Waals surface area contributed by atoms with Crippen molar-refractivity contribution in [2.45, 2.75) is 13.3 Å². The van der Waals surface area contributed by atoms with Crippen LogP contribution >= 0.6 is 11.6 Å². The molecule has 2 amide bonds. The Kier molecular flexibility index (Phi) is 8.42. The van der Waals surface area contributed by atoms with Gasteiger partial charge in [-0.05, 0) is 81.5 Å². The maximum atomic E-state index is 12.4. The van der Waals surface area contributed by atoms with Gasteiger partial charge >= 0.3 is 6.03 Å². The SMILES string of the molecule is Cc1cc(NC(=O)Nc2ccc(Oc3ccnc4cc(OCCCN(C)C)c5c(c34)OCCO5)cc2)ccc1Cl. The first-order valence-electron chi connectivity index (χ1n) is 13.0. The number of aryl methyl sites for hydroxylation is 1. The zero-order valence-corrected chi connectivity index (χ0v) is 23.4. The van der Waals surface area contributed by atoms with Crippen molar-refractivity contribution >= 4 is 39.9 Å². The summed E-state index contributed by atoms with van der Waals surface area (Å²) in [7, 11) is 4.06. The van der Waals surface area contributed by atoms with E-state index in [9.17, 15) is 4.79 Å². The minimum Gasteiger partial charge on any atom is -0.489 e. The summed E-state index contributed by atoms with van der Waals surface area (Å²) >= 11 is 6.06. The number of amides is 2. The number of hydrogen-bond donors (Lipinski definition) is 2. The summed E-state index contributed by atoms with van der Waals surface area (Å²) in [6.45, 7) is 4.20. The van der Waals surface area contributed by atoms with Gasteiger partial charge in [0.05, 0.1) is 17.5 Å². The molecular weight excluding hydrogens is 532 g/mol. The fraction of sp³-hybridized carbons (Fsp3) is 0.267. The lowest BCUT2D eigenvalue weighted by atomic mass is 10.1. The number of hydrogen-bond acceptors (Lipinski definition) is 7. The van der Waals surface area contributed by atoms with Crippen molar-refractivity contribution in [3.63, 3.8) is 0 Å². The van der Waals surface area contributed by atoms with Crippen LogP contribution in [0, 0.1) is 6.92 Å². The topological polar surface area (TPSA) is 94.2 Å². The summed E-state index contributed by atoms with van der Waals surface area (Å²) in [5.41, 5.74) is 2.82. The van der Waals surface area contributed by atoms with Gasteiger partial charge in [0.1, 0.15) is 24.7 Å². The van der Waals surface area contributed by atoms with Crippen molar-refractivity contribution in [2.75, 3.05) is 51.1 Å². The molecule has 1 aromatic heterocycles. The molecule has 1 aliphatic rings. The lowest BCUT2D eigenvalue weighted by Gasteiger charge is -2.23. The molecule has 5 rings (SSSR count). The Bertz CT molecular complexity index is 1510. The smallest absolute Gasteiger partial charge is 0.323 e. The van der Waals surface area contributed by atoms with E-state index in [1.165, 1.54) is 0 Å². The van der Waals surface area contributed by atoms with Crippen LogP contribution in [0.2, 0.25) is 5.02 Å². The van der Waals surface area contributed by atoms with Crippen LogP contribution in [-0.4, -0.2) is 56.4 Å². The van der Waals surface area contributed by atoms with Crippen LogP contribution < -0.4 is 29.6 Å². The Hall–Kier alpha value is -4.21. The third kappa shape index (κ3) is 6.50. The maximum absolute atomic E-state index is 12.4. The maximum Gasteiger partial charge on any atom is 0.323 e. The molecule has 40 heavy (non-hydrogen) atoms. The van der Waals surface area contributed by atoms with E-state index in [1.807, 2.05) is 33.2 Å². The average molecular weight is 563 g/mol. The summed E-state index contributed by atoms with van der Waals surface area (Å²) in [6, 6.07) is 15.7. The molecule has 1 aliphatic heterocycles. The molecule has 10 heteroatoms. The Labute approximate surface area is 238 Å². The average Bonchev–Trinajstić information content (AvgIpc) is 2.94. The Morgan fingerprint density at radius 2 is 1.70 bits per heavy atom. The molecule has 0 unspecified atom stereocenters. The summed E-state index contributed by atoms with van der Waals surface area (Å²) in [4.78, 5) is 19.1. The van der Waals surface area contributed by atoms with Crippen molar-refractivity contribution < 1.29 is 23.7 Å². The zero-order chi connectivity index (χ0) is 28.1. The number of carbonyl (C=O) groups is 1. The highest BCUT2D eigenvalue weighted by Crippen LogP contribution is 2.48. The van der Waals surface area contributed by atoms with Gasteiger partial charge in [0.15, 0.2) is 11.5 Å². The van der Waals surface area contributed by atoms with Crippen molar-refractivity contribution in [3.8, 4) is 28.7 Å². The van der Waals surface area contributed by atoms with Gasteiger partial charge in [0.2, 0.25) is 5.75 Å². The molecule has 0 bridgehead atoms. The summed E-state index contributed by atoms with van der Waals surface area (Å²) < 4.78 is 24.3. The molecule has 0 saturated heterocycles. The zero-order valence-electron chi connectivity index (χ0n) is 22.6. The predicted molar refractivity (Wildman–Crippen MR) is 157 cm³/mol. The number of benzene rings is 3. The Morgan fingerprint density at radius 1 is 0.975 bits per heavy atom. The van der Waals surface area contributed by atoms with Gasteiger partial charge in [0, 0.05) is 35.2 Å². The van der Waals surface area contributed by atoms with Gasteiger partial charge in [-0.3, -0.25) is 4.98 Å². The molecular formula is C30H31ClN4O5. The van der Waals surface area contributed by atoms with Crippen molar-refractivity contribution in [1.29, 1.82) is 0 Å². The minimum absolute atomic E-state index is 0.362. The minimum atomic E-state index is -0.362. The number of aromatic nitrogens is 1. The summed E-state index contributed by atoms with van der Waals surface area (Å²) in [6.07, 6.45) is 2.56. The molecule has 2 N–H and O–H groups in total. The van der Waals surface area contributed by atoms with Gasteiger partial charge in [0.25, 0.3) is 0 Å². The van der Waals surface area contributed by atoms with Crippen LogP contribution in [0.1, 0.15) is 12.0 Å². The lowest BCUT2D eigenvalue weighted by molar-refractivity contribution is 0.163. The van der Waals surface area contributed by atoms with E-state index < -0.39 is 0 Å². The van der Waals surface area contributed by atoms with Crippen molar-refractivity contribution in [2.24, 2.45) is 0 Å². The summed E-state index contributed by atoms with van der Waals surface area (Å²) in [5.74, 6) is 2.88. The number of carbonyl (C=O) groups excluding carboxylic acids is 1. The Morgan fingerprint density at radius 3 is 2.45 bits per heavy atom. The van der Waals surface area contributed by atoms with Crippen molar-refractivity contribution in [1.82, 2.24) is 9.88 Å². The number of anilines is 2. The summed E-state index contributed by atoms with van der Waals surface area (Å²) in [5, 5.41) is 6.97. The van der Waals surface area contributed by atoms with E-state index in [2.05, 4.69) is 20.5 Å². The molecule has 0 spiro atoms. The van der Waals surface area contributed by atoms with Crippen LogP contribution in [-0.2, 0) is 0 Å². The molecule has 208 valence electrons. The second-order valence-corrected chi connectivity index (χ2v) is 10.0. The molecule has 0 fully saturated rings. The standard InChI is InChI=1S/C30H31ClN4O5/c1-19-17-21(7-10-23(19)31)34-30(36)33-20-5-8-22(9-6-20)40-25-11-12-32-24-18-26(37-14-4-13-35(2)3)28-29(27(24)25)39-16-15-38-28/h5-12,17-18H,4,13-16H2,1-3H3,(H2,33,34,36).